The first-order valence-electron chi connectivity index (χ1n) is 6.76. The number of hydrogen-bond acceptors (Lipinski definition) is 2. The Balaban J connectivity index is 2.29. The molecule has 0 aliphatic heterocycles. The molecule has 0 N–H and O–H groups in total. The van der Waals surface area contributed by atoms with Gasteiger partial charge in [0.05, 0.1) is 0 Å². The number of hydrogen-bond donors (Lipinski definition) is 0. The minimum Gasteiger partial charge on any atom is -0.488 e. The summed E-state index contributed by atoms with van der Waals surface area (Å²) < 4.78 is 5.81. The van der Waals surface area contributed by atoms with E-state index >= 15 is 0 Å². The zero-order chi connectivity index (χ0) is 14.8. The molecule has 2 aromatic carbocycles. The second-order valence-corrected chi connectivity index (χ2v) is 5.89. The molecule has 0 saturated heterocycles. The lowest BCUT2D eigenvalue weighted by molar-refractivity contribution is 0.103. The van der Waals surface area contributed by atoms with Crippen molar-refractivity contribution in [2.24, 2.45) is 0 Å². The molecule has 0 aliphatic carbocycles. The molecular formula is C18H20O2. The third-order valence-electron chi connectivity index (χ3n) is 2.90. The van der Waals surface area contributed by atoms with Crippen molar-refractivity contribution in [3.63, 3.8) is 0 Å². The fourth-order valence-electron chi connectivity index (χ4n) is 2.05. The predicted octanol–water partition coefficient (Wildman–Crippen LogP) is 4.40. The molecule has 0 bridgehead atoms. The van der Waals surface area contributed by atoms with E-state index in [-0.39, 0.29) is 11.4 Å². The Bertz CT molecular complexity index is 607. The van der Waals surface area contributed by atoms with Gasteiger partial charge in [-0.15, -0.1) is 0 Å². The summed E-state index contributed by atoms with van der Waals surface area (Å²) in [6.07, 6.45) is 0. The van der Waals surface area contributed by atoms with E-state index in [2.05, 4.69) is 0 Å². The number of ketones is 1. The monoisotopic (exact) mass is 268 g/mol. The average Bonchev–Trinajstić information content (AvgIpc) is 2.37. The molecule has 0 fully saturated rings. The zero-order valence-electron chi connectivity index (χ0n) is 12.4. The van der Waals surface area contributed by atoms with Gasteiger partial charge >= 0.3 is 0 Å². The molecule has 0 spiro atoms. The molecule has 2 heteroatoms. The summed E-state index contributed by atoms with van der Waals surface area (Å²) in [5.74, 6) is 0.838. The second-order valence-electron chi connectivity index (χ2n) is 5.89. The van der Waals surface area contributed by atoms with Crippen LogP contribution in [0.25, 0.3) is 0 Å². The molecule has 2 nitrogen and oxygen atoms in total. The van der Waals surface area contributed by atoms with Crippen LogP contribution in [0.3, 0.4) is 0 Å². The summed E-state index contributed by atoms with van der Waals surface area (Å²) in [6.45, 7) is 7.95. The minimum absolute atomic E-state index is 0.0467. The number of aryl methyl sites for hydroxylation is 1. The van der Waals surface area contributed by atoms with Gasteiger partial charge in [0.2, 0.25) is 0 Å². The Morgan fingerprint density at radius 2 is 1.65 bits per heavy atom. The van der Waals surface area contributed by atoms with E-state index in [9.17, 15) is 4.79 Å². The van der Waals surface area contributed by atoms with Crippen LogP contribution in [0, 0.1) is 6.92 Å². The maximum absolute atomic E-state index is 12.4. The van der Waals surface area contributed by atoms with E-state index in [0.29, 0.717) is 5.56 Å². The Hall–Kier alpha value is -2.09. The maximum atomic E-state index is 12.4. The normalized spacial score (nSPS) is 11.2. The van der Waals surface area contributed by atoms with Crippen LogP contribution < -0.4 is 4.74 Å². The van der Waals surface area contributed by atoms with Crippen molar-refractivity contribution < 1.29 is 9.53 Å². The highest BCUT2D eigenvalue weighted by atomic mass is 16.5. The lowest BCUT2D eigenvalue weighted by atomic mass is 9.99. The summed E-state index contributed by atoms with van der Waals surface area (Å²) in [4.78, 5) is 12.4. The number of benzene rings is 2. The maximum Gasteiger partial charge on any atom is 0.193 e. The highest BCUT2D eigenvalue weighted by Crippen LogP contribution is 2.23. The van der Waals surface area contributed by atoms with Crippen molar-refractivity contribution in [1.29, 1.82) is 0 Å². The van der Waals surface area contributed by atoms with Crippen molar-refractivity contribution in [1.82, 2.24) is 0 Å². The molecule has 0 aliphatic rings. The molecule has 0 saturated carbocycles. The van der Waals surface area contributed by atoms with Crippen molar-refractivity contribution in [3.05, 3.63) is 65.2 Å². The van der Waals surface area contributed by atoms with Gasteiger partial charge in [-0.05, 0) is 51.5 Å². The van der Waals surface area contributed by atoms with E-state index < -0.39 is 0 Å². The number of ether oxygens (including phenoxy) is 1. The highest BCUT2D eigenvalue weighted by Gasteiger charge is 2.15. The Morgan fingerprint density at radius 1 is 1.00 bits per heavy atom. The molecule has 0 aromatic heterocycles. The van der Waals surface area contributed by atoms with Gasteiger partial charge in [-0.25, -0.2) is 0 Å². The molecule has 2 rings (SSSR count). The zero-order valence-corrected chi connectivity index (χ0v) is 12.4. The van der Waals surface area contributed by atoms with Gasteiger partial charge < -0.3 is 4.74 Å². The standard InChI is InChI=1S/C18H20O2/c1-13-12-15(20-18(2,3)4)10-11-16(13)17(19)14-8-6-5-7-9-14/h5-12H,1-4H3. The largest absolute Gasteiger partial charge is 0.488 e. The first-order valence-corrected chi connectivity index (χ1v) is 6.76. The van der Waals surface area contributed by atoms with Crippen LogP contribution in [0.2, 0.25) is 0 Å². The first-order chi connectivity index (χ1) is 9.37. The van der Waals surface area contributed by atoms with Crippen LogP contribution in [0.1, 0.15) is 42.3 Å². The third-order valence-corrected chi connectivity index (χ3v) is 2.90. The molecule has 20 heavy (non-hydrogen) atoms. The fourth-order valence-corrected chi connectivity index (χ4v) is 2.05. The second kappa shape index (κ2) is 5.49. The molecule has 0 unspecified atom stereocenters. The summed E-state index contributed by atoms with van der Waals surface area (Å²) >= 11 is 0. The van der Waals surface area contributed by atoms with Gasteiger partial charge in [-0.2, -0.15) is 0 Å². The van der Waals surface area contributed by atoms with Crippen molar-refractivity contribution in [2.75, 3.05) is 0 Å². The van der Waals surface area contributed by atoms with Crippen molar-refractivity contribution in [2.45, 2.75) is 33.3 Å². The molecule has 0 radical (unpaired) electrons. The predicted molar refractivity (Wildman–Crippen MR) is 81.4 cm³/mol. The quantitative estimate of drug-likeness (QED) is 0.771. The van der Waals surface area contributed by atoms with Crippen LogP contribution in [-0.4, -0.2) is 11.4 Å². The molecule has 0 amide bonds. The van der Waals surface area contributed by atoms with Gasteiger partial charge in [0, 0.05) is 11.1 Å². The average molecular weight is 268 g/mol. The molecule has 104 valence electrons. The van der Waals surface area contributed by atoms with Gasteiger partial charge in [-0.1, -0.05) is 30.3 Å². The Morgan fingerprint density at radius 3 is 2.20 bits per heavy atom. The molecule has 0 heterocycles. The number of carbonyl (C=O) groups excluding carboxylic acids is 1. The van der Waals surface area contributed by atoms with Gasteiger partial charge in [-0.3, -0.25) is 4.79 Å². The summed E-state index contributed by atoms with van der Waals surface area (Å²) in [5.41, 5.74) is 2.12. The van der Waals surface area contributed by atoms with Gasteiger partial charge in [0.1, 0.15) is 11.4 Å². The molecule has 0 atom stereocenters. The van der Waals surface area contributed by atoms with Gasteiger partial charge in [0.15, 0.2) is 5.78 Å². The topological polar surface area (TPSA) is 26.3 Å². The first kappa shape index (κ1) is 14.3. The van der Waals surface area contributed by atoms with Crippen LogP contribution >= 0.6 is 0 Å². The van der Waals surface area contributed by atoms with E-state index in [4.69, 9.17) is 4.74 Å². The lowest BCUT2D eigenvalue weighted by Gasteiger charge is -2.21. The van der Waals surface area contributed by atoms with E-state index in [0.717, 1.165) is 16.9 Å². The van der Waals surface area contributed by atoms with E-state index in [1.54, 1.807) is 0 Å². The number of carbonyl (C=O) groups is 1. The summed E-state index contributed by atoms with van der Waals surface area (Å²) in [7, 11) is 0. The van der Waals surface area contributed by atoms with Crippen LogP contribution in [0.5, 0.6) is 5.75 Å². The molecule has 2 aromatic rings. The van der Waals surface area contributed by atoms with E-state index in [1.165, 1.54) is 0 Å². The van der Waals surface area contributed by atoms with Crippen molar-refractivity contribution in [3.8, 4) is 5.75 Å². The highest BCUT2D eigenvalue weighted by molar-refractivity contribution is 6.09. The SMILES string of the molecule is Cc1cc(OC(C)(C)C)ccc1C(=O)c1ccccc1. The van der Waals surface area contributed by atoms with E-state index in [1.807, 2.05) is 76.2 Å². The van der Waals surface area contributed by atoms with Crippen LogP contribution in [-0.2, 0) is 0 Å². The van der Waals surface area contributed by atoms with Crippen LogP contribution in [0.15, 0.2) is 48.5 Å². The van der Waals surface area contributed by atoms with Gasteiger partial charge in [0.25, 0.3) is 0 Å². The fraction of sp³-hybridized carbons (Fsp3) is 0.278. The summed E-state index contributed by atoms with van der Waals surface area (Å²) in [6, 6.07) is 14.9. The molecular weight excluding hydrogens is 248 g/mol. The lowest BCUT2D eigenvalue weighted by Crippen LogP contribution is -2.23. The van der Waals surface area contributed by atoms with Crippen LogP contribution in [0.4, 0.5) is 0 Å². The number of rotatable bonds is 3. The summed E-state index contributed by atoms with van der Waals surface area (Å²) in [5, 5.41) is 0. The van der Waals surface area contributed by atoms with Crippen molar-refractivity contribution >= 4 is 5.78 Å². The smallest absolute Gasteiger partial charge is 0.193 e. The Kier molecular flexibility index (Phi) is 3.93. The Labute approximate surface area is 120 Å². The minimum atomic E-state index is -0.239. The third kappa shape index (κ3) is 3.47.